The third-order valence-corrected chi connectivity index (χ3v) is 10.1. The van der Waals surface area contributed by atoms with Gasteiger partial charge in [-0.3, -0.25) is 19.4 Å². The predicted molar refractivity (Wildman–Crippen MR) is 204 cm³/mol. The van der Waals surface area contributed by atoms with Gasteiger partial charge in [-0.1, -0.05) is 61.0 Å². The first-order chi connectivity index (χ1) is 24.0. The number of nitrogens with one attached hydrogen (secondary N) is 1. The van der Waals surface area contributed by atoms with E-state index in [0.29, 0.717) is 12.8 Å². The van der Waals surface area contributed by atoms with Crippen LogP contribution in [0.2, 0.25) is 0 Å². The first-order valence-corrected chi connectivity index (χ1v) is 18.7. The molecule has 1 aliphatic rings. The number of likely N-dealkylation sites (N-methyl/N-ethyl adjacent to an activating group) is 3. The number of piperidine rings is 1. The van der Waals surface area contributed by atoms with Gasteiger partial charge in [0.2, 0.25) is 11.8 Å². The monoisotopic (exact) mass is 717 g/mol. The molecule has 11 heteroatoms. The van der Waals surface area contributed by atoms with Crippen LogP contribution in [0.4, 0.5) is 4.79 Å². The first kappa shape index (κ1) is 39.6. The number of carbonyl (C=O) groups is 4. The Hall–Kier alpha value is -4.22. The maximum atomic E-state index is 14.7. The molecule has 2 heterocycles. The molecule has 3 aromatic rings. The van der Waals surface area contributed by atoms with Crippen LogP contribution in [0, 0.1) is 0 Å². The molecule has 0 unspecified atom stereocenters. The van der Waals surface area contributed by atoms with Gasteiger partial charge in [0.25, 0.3) is 5.91 Å². The highest BCUT2D eigenvalue weighted by atomic mass is 32.1. The molecule has 0 aliphatic carbocycles. The first-order valence-electron chi connectivity index (χ1n) is 17.8. The van der Waals surface area contributed by atoms with Crippen LogP contribution in [0.5, 0.6) is 0 Å². The van der Waals surface area contributed by atoms with Gasteiger partial charge in [-0.2, -0.15) is 0 Å². The van der Waals surface area contributed by atoms with Crippen molar-refractivity contribution in [2.24, 2.45) is 0 Å². The van der Waals surface area contributed by atoms with Crippen LogP contribution in [0.25, 0.3) is 10.8 Å². The van der Waals surface area contributed by atoms with Crippen molar-refractivity contribution in [1.82, 2.24) is 25.1 Å². The molecule has 10 nitrogen and oxygen atoms in total. The lowest BCUT2D eigenvalue weighted by Gasteiger charge is -2.39. The minimum atomic E-state index is -0.889. The smallest absolute Gasteiger partial charge is 0.408 e. The topological polar surface area (TPSA) is 102 Å². The van der Waals surface area contributed by atoms with Gasteiger partial charge in [-0.15, -0.1) is 11.3 Å². The van der Waals surface area contributed by atoms with E-state index in [1.807, 2.05) is 73.8 Å². The molecule has 1 aromatic heterocycles. The van der Waals surface area contributed by atoms with Crippen LogP contribution in [0.1, 0.15) is 70.7 Å². The number of alkyl carbamates (subject to hydrolysis) is 1. The highest BCUT2D eigenvalue weighted by Crippen LogP contribution is 2.23. The van der Waals surface area contributed by atoms with E-state index in [-0.39, 0.29) is 24.1 Å². The zero-order valence-corrected chi connectivity index (χ0v) is 32.3. The van der Waals surface area contributed by atoms with E-state index >= 15 is 0 Å². The summed E-state index contributed by atoms with van der Waals surface area (Å²) in [6.45, 7) is 10.7. The second-order valence-corrected chi connectivity index (χ2v) is 16.1. The van der Waals surface area contributed by atoms with Gasteiger partial charge in [0.05, 0.1) is 0 Å². The van der Waals surface area contributed by atoms with Crippen molar-refractivity contribution in [2.75, 3.05) is 34.2 Å². The summed E-state index contributed by atoms with van der Waals surface area (Å²) in [5, 5.41) is 10.7. The largest absolute Gasteiger partial charge is 0.444 e. The minimum absolute atomic E-state index is 0.154. The number of thiophene rings is 1. The van der Waals surface area contributed by atoms with Crippen molar-refractivity contribution in [3.63, 3.8) is 0 Å². The molecular formula is C40H55N5O5S. The van der Waals surface area contributed by atoms with Gasteiger partial charge in [0, 0.05) is 57.5 Å². The summed E-state index contributed by atoms with van der Waals surface area (Å²) in [5.41, 5.74) is -0.419. The number of rotatable bonds is 13. The molecule has 0 spiro atoms. The van der Waals surface area contributed by atoms with Crippen LogP contribution in [-0.2, 0) is 32.0 Å². The van der Waals surface area contributed by atoms with Gasteiger partial charge in [-0.25, -0.2) is 9.80 Å². The van der Waals surface area contributed by atoms with E-state index in [9.17, 15) is 19.2 Å². The summed E-state index contributed by atoms with van der Waals surface area (Å²) in [7, 11) is 5.10. The normalized spacial score (nSPS) is 15.3. The lowest BCUT2D eigenvalue weighted by Crippen LogP contribution is -2.58. The lowest BCUT2D eigenvalue weighted by atomic mass is 9.98. The quantitative estimate of drug-likeness (QED) is 0.204. The number of hydrazine groups is 1. The fourth-order valence-corrected chi connectivity index (χ4v) is 7.01. The van der Waals surface area contributed by atoms with Gasteiger partial charge < -0.3 is 19.9 Å². The standard InChI is InChI=1S/C40H55N5O5S/c1-39(2,3)50-38(49)41-40(4,5)22-14-19-35(46)42(6)33(27-29-20-21-30-16-10-11-17-31(30)26-29)36(47)43(7)34(28-32-18-15-25-51-32)37(48)44(8)45-23-12-9-13-24-45/h10-11,14-21,25-26,33-34H,9,12-13,22-24,27-28H2,1-8H3,(H,41,49)/b19-14+/t33-,34-/m1/s1. The zero-order chi connectivity index (χ0) is 37.3. The van der Waals surface area contributed by atoms with Crippen molar-refractivity contribution >= 4 is 45.9 Å². The molecule has 4 amide bonds. The number of nitrogens with zero attached hydrogens (tertiary/aromatic N) is 4. The molecule has 0 bridgehead atoms. The van der Waals surface area contributed by atoms with E-state index in [0.717, 1.165) is 53.6 Å². The van der Waals surface area contributed by atoms with Crippen molar-refractivity contribution in [1.29, 1.82) is 0 Å². The maximum Gasteiger partial charge on any atom is 0.408 e. The molecule has 1 aliphatic heterocycles. The summed E-state index contributed by atoms with van der Waals surface area (Å²) >= 11 is 1.56. The third kappa shape index (κ3) is 11.4. The second kappa shape index (κ2) is 17.3. The minimum Gasteiger partial charge on any atom is -0.444 e. The van der Waals surface area contributed by atoms with Crippen LogP contribution < -0.4 is 5.32 Å². The predicted octanol–water partition coefficient (Wildman–Crippen LogP) is 6.45. The van der Waals surface area contributed by atoms with E-state index in [4.69, 9.17) is 4.74 Å². The number of amides is 4. The molecule has 1 saturated heterocycles. The Kier molecular flexibility index (Phi) is 13.4. The van der Waals surface area contributed by atoms with E-state index in [2.05, 4.69) is 10.3 Å². The fourth-order valence-electron chi connectivity index (χ4n) is 6.27. The van der Waals surface area contributed by atoms with Crippen molar-refractivity contribution in [3.8, 4) is 0 Å². The van der Waals surface area contributed by atoms with Gasteiger partial charge in [-0.05, 0) is 87.7 Å². The molecule has 0 radical (unpaired) electrons. The van der Waals surface area contributed by atoms with Crippen LogP contribution >= 0.6 is 11.3 Å². The molecule has 0 saturated carbocycles. The highest BCUT2D eigenvalue weighted by Gasteiger charge is 2.37. The molecule has 276 valence electrons. The number of benzene rings is 2. The van der Waals surface area contributed by atoms with Crippen molar-refractivity contribution < 1.29 is 23.9 Å². The maximum absolute atomic E-state index is 14.7. The summed E-state index contributed by atoms with van der Waals surface area (Å²) in [4.78, 5) is 59.0. The summed E-state index contributed by atoms with van der Waals surface area (Å²) in [5.74, 6) is -0.831. The van der Waals surface area contributed by atoms with Crippen LogP contribution in [0.15, 0.2) is 72.1 Å². The summed E-state index contributed by atoms with van der Waals surface area (Å²) < 4.78 is 5.40. The van der Waals surface area contributed by atoms with E-state index in [1.165, 1.54) is 15.9 Å². The molecule has 4 rings (SSSR count). The Morgan fingerprint density at radius 1 is 0.843 bits per heavy atom. The van der Waals surface area contributed by atoms with Crippen molar-refractivity contribution in [2.45, 2.75) is 96.4 Å². The van der Waals surface area contributed by atoms with Crippen molar-refractivity contribution in [3.05, 3.63) is 82.6 Å². The molecule has 1 fully saturated rings. The number of hydrogen-bond donors (Lipinski definition) is 1. The number of ether oxygens (including phenoxy) is 1. The molecular weight excluding hydrogens is 663 g/mol. The van der Waals surface area contributed by atoms with Crippen LogP contribution in [-0.4, -0.2) is 101 Å². The van der Waals surface area contributed by atoms with E-state index in [1.54, 1.807) is 64.3 Å². The Morgan fingerprint density at radius 3 is 2.16 bits per heavy atom. The Balaban J connectivity index is 1.60. The third-order valence-electron chi connectivity index (χ3n) is 9.22. The number of fused-ring (bicyclic) bond motifs is 1. The molecule has 2 aromatic carbocycles. The van der Waals surface area contributed by atoms with Gasteiger partial charge >= 0.3 is 6.09 Å². The average Bonchev–Trinajstić information content (AvgIpc) is 3.60. The second-order valence-electron chi connectivity index (χ2n) is 15.1. The number of hydrogen-bond acceptors (Lipinski definition) is 7. The molecule has 1 N–H and O–H groups in total. The Labute approximate surface area is 307 Å². The summed E-state index contributed by atoms with van der Waals surface area (Å²) in [6, 6.07) is 16.4. The summed E-state index contributed by atoms with van der Waals surface area (Å²) in [6.07, 6.45) is 6.77. The Bertz CT molecular complexity index is 1680. The average molecular weight is 718 g/mol. The molecule has 51 heavy (non-hydrogen) atoms. The fraction of sp³-hybridized carbons (Fsp3) is 0.500. The SMILES string of the molecule is CN(C(=O)/C=C/CC(C)(C)NC(=O)OC(C)(C)C)[C@H](Cc1ccc2ccccc2c1)C(=O)N(C)[C@H](Cc1cccs1)C(=O)N(C)N1CCCCC1. The lowest BCUT2D eigenvalue weighted by molar-refractivity contribution is -0.158. The highest BCUT2D eigenvalue weighted by molar-refractivity contribution is 7.09. The number of carbonyl (C=O) groups excluding carboxylic acids is 4. The van der Waals surface area contributed by atoms with Gasteiger partial charge in [0.1, 0.15) is 17.7 Å². The zero-order valence-electron chi connectivity index (χ0n) is 31.5. The van der Waals surface area contributed by atoms with Gasteiger partial charge in [0.15, 0.2) is 0 Å². The Morgan fingerprint density at radius 2 is 1.51 bits per heavy atom. The van der Waals surface area contributed by atoms with Crippen LogP contribution in [0.3, 0.4) is 0 Å². The van der Waals surface area contributed by atoms with E-state index < -0.39 is 29.3 Å². The molecule has 2 atom stereocenters.